The maximum atomic E-state index is 10.5. The van der Waals surface area contributed by atoms with E-state index in [-0.39, 0.29) is 6.61 Å². The van der Waals surface area contributed by atoms with Gasteiger partial charge in [-0.1, -0.05) is 26.0 Å². The number of benzene rings is 2. The fourth-order valence-corrected chi connectivity index (χ4v) is 2.92. The van der Waals surface area contributed by atoms with Gasteiger partial charge in [0, 0.05) is 13.1 Å². The van der Waals surface area contributed by atoms with Crippen LogP contribution in [0, 0.1) is 5.92 Å². The largest absolute Gasteiger partial charge is 0.497 e. The number of methoxy groups -OCH3 is 2. The maximum absolute atomic E-state index is 10.5. The Morgan fingerprint density at radius 3 is 2.25 bits per heavy atom. The van der Waals surface area contributed by atoms with Gasteiger partial charge in [0.1, 0.15) is 30.0 Å². The smallest absolute Gasteiger partial charge is 0.119 e. The second-order valence-electron chi connectivity index (χ2n) is 7.41. The Hall–Kier alpha value is -2.24. The van der Waals surface area contributed by atoms with Crippen LogP contribution in [0.25, 0.3) is 0 Å². The molecule has 0 radical (unpaired) electrons. The van der Waals surface area contributed by atoms with Crippen LogP contribution in [0.4, 0.5) is 0 Å². The van der Waals surface area contributed by atoms with Crippen molar-refractivity contribution in [1.82, 2.24) is 4.90 Å². The first-order chi connectivity index (χ1) is 13.5. The molecule has 0 saturated heterocycles. The van der Waals surface area contributed by atoms with Crippen LogP contribution in [0.3, 0.4) is 0 Å². The van der Waals surface area contributed by atoms with E-state index in [1.165, 1.54) is 5.56 Å². The highest BCUT2D eigenvalue weighted by Gasteiger charge is 2.14. The highest BCUT2D eigenvalue weighted by atomic mass is 16.5. The summed E-state index contributed by atoms with van der Waals surface area (Å²) in [5, 5.41) is 10.5. The van der Waals surface area contributed by atoms with E-state index in [2.05, 4.69) is 24.8 Å². The third-order valence-corrected chi connectivity index (χ3v) is 4.53. The molecule has 154 valence electrons. The predicted molar refractivity (Wildman–Crippen MR) is 112 cm³/mol. The summed E-state index contributed by atoms with van der Waals surface area (Å²) in [6.07, 6.45) is 0.510. The third kappa shape index (κ3) is 7.79. The van der Waals surface area contributed by atoms with Crippen LogP contribution in [0.5, 0.6) is 17.2 Å². The monoisotopic (exact) mass is 387 g/mol. The van der Waals surface area contributed by atoms with E-state index >= 15 is 0 Å². The van der Waals surface area contributed by atoms with Gasteiger partial charge in [-0.15, -0.1) is 0 Å². The Bertz CT molecular complexity index is 687. The van der Waals surface area contributed by atoms with Crippen molar-refractivity contribution in [2.45, 2.75) is 32.9 Å². The normalized spacial score (nSPS) is 12.2. The lowest BCUT2D eigenvalue weighted by molar-refractivity contribution is 0.0639. The number of hydrogen-bond donors (Lipinski definition) is 1. The minimum Gasteiger partial charge on any atom is -0.497 e. The van der Waals surface area contributed by atoms with Crippen molar-refractivity contribution in [3.63, 3.8) is 0 Å². The van der Waals surface area contributed by atoms with Gasteiger partial charge in [-0.3, -0.25) is 4.90 Å². The van der Waals surface area contributed by atoms with Crippen LogP contribution in [-0.4, -0.2) is 50.0 Å². The summed E-state index contributed by atoms with van der Waals surface area (Å²) in [6.45, 7) is 6.93. The first-order valence-corrected chi connectivity index (χ1v) is 9.80. The van der Waals surface area contributed by atoms with Crippen molar-refractivity contribution in [1.29, 1.82) is 0 Å². The molecule has 0 aliphatic rings. The molecule has 0 saturated carbocycles. The minimum absolute atomic E-state index is 0.253. The molecule has 1 atom stereocenters. The van der Waals surface area contributed by atoms with Gasteiger partial charge in [-0.05, 0) is 60.8 Å². The van der Waals surface area contributed by atoms with Crippen molar-refractivity contribution in [3.8, 4) is 17.2 Å². The lowest BCUT2D eigenvalue weighted by Crippen LogP contribution is -2.36. The van der Waals surface area contributed by atoms with Gasteiger partial charge in [0.05, 0.1) is 14.2 Å². The van der Waals surface area contributed by atoms with E-state index in [4.69, 9.17) is 14.2 Å². The number of nitrogens with zero attached hydrogens (tertiary/aromatic N) is 1. The number of aliphatic hydroxyl groups is 1. The molecular weight excluding hydrogens is 354 g/mol. The predicted octanol–water partition coefficient (Wildman–Crippen LogP) is 3.99. The van der Waals surface area contributed by atoms with Crippen LogP contribution < -0.4 is 14.2 Å². The van der Waals surface area contributed by atoms with E-state index in [9.17, 15) is 5.11 Å². The summed E-state index contributed by atoms with van der Waals surface area (Å²) in [5.41, 5.74) is 1.17. The zero-order valence-electron chi connectivity index (χ0n) is 17.4. The Morgan fingerprint density at radius 1 is 0.929 bits per heavy atom. The zero-order chi connectivity index (χ0) is 20.4. The first kappa shape index (κ1) is 22.1. The topological polar surface area (TPSA) is 51.2 Å². The molecule has 0 bridgehead atoms. The Labute approximate surface area is 168 Å². The van der Waals surface area contributed by atoms with Gasteiger partial charge >= 0.3 is 0 Å². The van der Waals surface area contributed by atoms with Crippen LogP contribution in [0.15, 0.2) is 48.5 Å². The molecule has 0 spiro atoms. The standard InChI is InChI=1S/C23H33NO4/c1-18(2)12-13-24(15-19-6-5-7-23(14-19)27-4)16-20(25)17-28-22-10-8-21(26-3)9-11-22/h5-11,14,18,20,25H,12-13,15-17H2,1-4H3. The van der Waals surface area contributed by atoms with Crippen molar-refractivity contribution in [3.05, 3.63) is 54.1 Å². The fraction of sp³-hybridized carbons (Fsp3) is 0.478. The molecule has 0 fully saturated rings. The molecule has 0 aliphatic carbocycles. The van der Waals surface area contributed by atoms with Gasteiger partial charge in [0.2, 0.25) is 0 Å². The number of ether oxygens (including phenoxy) is 3. The van der Waals surface area contributed by atoms with E-state index in [1.54, 1.807) is 14.2 Å². The highest BCUT2D eigenvalue weighted by Crippen LogP contribution is 2.18. The Kier molecular flexibility index (Phi) is 9.11. The van der Waals surface area contributed by atoms with Crippen molar-refractivity contribution in [2.75, 3.05) is 33.9 Å². The molecule has 0 amide bonds. The molecule has 0 aromatic heterocycles. The summed E-state index contributed by atoms with van der Waals surface area (Å²) < 4.78 is 16.2. The van der Waals surface area contributed by atoms with E-state index in [0.717, 1.165) is 36.8 Å². The second-order valence-corrected chi connectivity index (χ2v) is 7.41. The minimum atomic E-state index is -0.570. The molecule has 2 aromatic rings. The molecule has 5 heteroatoms. The number of hydrogen-bond acceptors (Lipinski definition) is 5. The summed E-state index contributed by atoms with van der Waals surface area (Å²) in [5.74, 6) is 2.97. The SMILES string of the molecule is COc1ccc(OCC(O)CN(CCC(C)C)Cc2cccc(OC)c2)cc1. The lowest BCUT2D eigenvalue weighted by Gasteiger charge is -2.26. The van der Waals surface area contributed by atoms with Gasteiger partial charge in [0.25, 0.3) is 0 Å². The van der Waals surface area contributed by atoms with Crippen LogP contribution >= 0.6 is 0 Å². The molecule has 2 rings (SSSR count). The van der Waals surface area contributed by atoms with Crippen LogP contribution in [-0.2, 0) is 6.54 Å². The third-order valence-electron chi connectivity index (χ3n) is 4.53. The van der Waals surface area contributed by atoms with Gasteiger partial charge < -0.3 is 19.3 Å². The maximum Gasteiger partial charge on any atom is 0.119 e. The average Bonchev–Trinajstić information content (AvgIpc) is 2.71. The average molecular weight is 388 g/mol. The fourth-order valence-electron chi connectivity index (χ4n) is 2.92. The second kappa shape index (κ2) is 11.6. The highest BCUT2D eigenvalue weighted by molar-refractivity contribution is 5.31. The lowest BCUT2D eigenvalue weighted by atomic mass is 10.1. The van der Waals surface area contributed by atoms with Gasteiger partial charge in [-0.2, -0.15) is 0 Å². The van der Waals surface area contributed by atoms with E-state index < -0.39 is 6.10 Å². The molecular formula is C23H33NO4. The van der Waals surface area contributed by atoms with Crippen LogP contribution in [0.2, 0.25) is 0 Å². The molecule has 1 N–H and O–H groups in total. The van der Waals surface area contributed by atoms with E-state index in [1.807, 2.05) is 42.5 Å². The summed E-state index contributed by atoms with van der Waals surface area (Å²) in [6, 6.07) is 15.5. The molecule has 1 unspecified atom stereocenters. The van der Waals surface area contributed by atoms with Crippen molar-refractivity contribution in [2.24, 2.45) is 5.92 Å². The number of rotatable bonds is 12. The number of aliphatic hydroxyl groups excluding tert-OH is 1. The van der Waals surface area contributed by atoms with Gasteiger partial charge in [-0.25, -0.2) is 0 Å². The molecule has 0 heterocycles. The first-order valence-electron chi connectivity index (χ1n) is 9.80. The molecule has 28 heavy (non-hydrogen) atoms. The van der Waals surface area contributed by atoms with Crippen molar-refractivity contribution < 1.29 is 19.3 Å². The quantitative estimate of drug-likeness (QED) is 0.597. The molecule has 0 aliphatic heterocycles. The Balaban J connectivity index is 1.91. The molecule has 5 nitrogen and oxygen atoms in total. The molecule has 2 aromatic carbocycles. The van der Waals surface area contributed by atoms with Crippen molar-refractivity contribution >= 4 is 0 Å². The summed E-state index contributed by atoms with van der Waals surface area (Å²) in [7, 11) is 3.31. The zero-order valence-corrected chi connectivity index (χ0v) is 17.4. The van der Waals surface area contributed by atoms with Crippen LogP contribution in [0.1, 0.15) is 25.8 Å². The van der Waals surface area contributed by atoms with Gasteiger partial charge in [0.15, 0.2) is 0 Å². The Morgan fingerprint density at radius 2 is 1.61 bits per heavy atom. The summed E-state index contributed by atoms with van der Waals surface area (Å²) >= 11 is 0. The summed E-state index contributed by atoms with van der Waals surface area (Å²) in [4.78, 5) is 2.27. The van der Waals surface area contributed by atoms with E-state index in [0.29, 0.717) is 12.5 Å².